The topological polar surface area (TPSA) is 154 Å². The molecule has 1 aliphatic rings. The molecule has 0 radical (unpaired) electrons. The standard InChI is InChI=1S/C28H22ClN5O4/c29-17-7-8-19(23(35)13-17)22-14-20(21(15-30)25(33-22)34-26(36)24-6-2-11-38-24)16-4-1-5-18(12-16)32-27(37)28(31)9-3-10-28/h1-2,4-8,11-14,35H,3,9-10,31H2,(H,32,37)(H,33,34,36). The minimum Gasteiger partial charge on any atom is -0.507 e. The molecule has 5 rings (SSSR count). The van der Waals surface area contributed by atoms with Gasteiger partial charge in [-0.05, 0) is 73.4 Å². The molecule has 1 aliphatic carbocycles. The maximum atomic E-state index is 12.8. The van der Waals surface area contributed by atoms with Gasteiger partial charge in [-0.2, -0.15) is 5.26 Å². The Bertz CT molecular complexity index is 1590. The number of nitrogens with zero attached hydrogens (tertiary/aromatic N) is 2. The number of rotatable bonds is 6. The summed E-state index contributed by atoms with van der Waals surface area (Å²) in [6.07, 6.45) is 3.50. The Morgan fingerprint density at radius 2 is 1.89 bits per heavy atom. The predicted octanol–water partition coefficient (Wildman–Crippen LogP) is 5.31. The smallest absolute Gasteiger partial charge is 0.292 e. The molecular formula is C28H22ClN5O4. The van der Waals surface area contributed by atoms with Gasteiger partial charge in [0.2, 0.25) is 5.91 Å². The Morgan fingerprint density at radius 3 is 2.55 bits per heavy atom. The molecule has 0 atom stereocenters. The molecule has 1 fully saturated rings. The van der Waals surface area contributed by atoms with Gasteiger partial charge in [0.15, 0.2) is 11.6 Å². The van der Waals surface area contributed by atoms with Crippen LogP contribution in [-0.2, 0) is 4.79 Å². The highest BCUT2D eigenvalue weighted by Crippen LogP contribution is 2.37. The number of phenols is 1. The lowest BCUT2D eigenvalue weighted by Crippen LogP contribution is -2.56. The van der Waals surface area contributed by atoms with Gasteiger partial charge in [-0.3, -0.25) is 9.59 Å². The summed E-state index contributed by atoms with van der Waals surface area (Å²) in [7, 11) is 0. The maximum absolute atomic E-state index is 12.8. The number of aromatic hydroxyl groups is 1. The normalized spacial score (nSPS) is 13.7. The lowest BCUT2D eigenvalue weighted by Gasteiger charge is -2.36. The number of nitrogens with one attached hydrogen (secondary N) is 2. The molecule has 2 heterocycles. The van der Waals surface area contributed by atoms with E-state index in [1.165, 1.54) is 18.4 Å². The van der Waals surface area contributed by atoms with Gasteiger partial charge >= 0.3 is 0 Å². The molecule has 0 spiro atoms. The number of halogens is 1. The zero-order valence-electron chi connectivity index (χ0n) is 20.0. The second-order valence-corrected chi connectivity index (χ2v) is 9.46. The van der Waals surface area contributed by atoms with Gasteiger partial charge < -0.3 is 25.9 Å². The molecule has 190 valence electrons. The number of furan rings is 1. The summed E-state index contributed by atoms with van der Waals surface area (Å²) >= 11 is 6.01. The summed E-state index contributed by atoms with van der Waals surface area (Å²) in [5, 5.41) is 26.5. The average molecular weight is 528 g/mol. The fourth-order valence-electron chi connectivity index (χ4n) is 4.22. The molecular weight excluding hydrogens is 506 g/mol. The van der Waals surface area contributed by atoms with Crippen molar-refractivity contribution >= 4 is 34.9 Å². The molecule has 2 aromatic heterocycles. The van der Waals surface area contributed by atoms with Gasteiger partial charge in [0, 0.05) is 21.8 Å². The van der Waals surface area contributed by atoms with E-state index in [0.717, 1.165) is 6.42 Å². The number of carbonyl (C=O) groups is 2. The third-order valence-electron chi connectivity index (χ3n) is 6.47. The van der Waals surface area contributed by atoms with Crippen LogP contribution >= 0.6 is 11.6 Å². The molecule has 0 unspecified atom stereocenters. The maximum Gasteiger partial charge on any atom is 0.292 e. The number of anilines is 2. The molecule has 2 amide bonds. The van der Waals surface area contributed by atoms with Gasteiger partial charge in [-0.1, -0.05) is 23.7 Å². The molecule has 0 bridgehead atoms. The third-order valence-corrected chi connectivity index (χ3v) is 6.71. The monoisotopic (exact) mass is 527 g/mol. The van der Waals surface area contributed by atoms with Crippen molar-refractivity contribution in [2.24, 2.45) is 5.73 Å². The van der Waals surface area contributed by atoms with E-state index in [0.29, 0.717) is 40.2 Å². The third kappa shape index (κ3) is 4.83. The summed E-state index contributed by atoms with van der Waals surface area (Å²) in [6.45, 7) is 0. The second-order valence-electron chi connectivity index (χ2n) is 9.03. The first-order valence-electron chi connectivity index (χ1n) is 11.8. The number of nitriles is 1. The molecule has 2 aromatic carbocycles. The number of benzene rings is 2. The van der Waals surface area contributed by atoms with E-state index >= 15 is 0 Å². The lowest BCUT2D eigenvalue weighted by atomic mass is 9.77. The zero-order chi connectivity index (χ0) is 26.9. The number of aromatic nitrogens is 1. The van der Waals surface area contributed by atoms with E-state index in [1.807, 2.05) is 0 Å². The van der Waals surface area contributed by atoms with Crippen LogP contribution in [0.4, 0.5) is 11.5 Å². The second kappa shape index (κ2) is 10.0. The van der Waals surface area contributed by atoms with Crippen molar-refractivity contribution in [2.75, 3.05) is 10.6 Å². The van der Waals surface area contributed by atoms with E-state index in [2.05, 4.69) is 21.7 Å². The van der Waals surface area contributed by atoms with E-state index in [-0.39, 0.29) is 34.5 Å². The van der Waals surface area contributed by atoms with E-state index in [9.17, 15) is 20.0 Å². The van der Waals surface area contributed by atoms with Crippen LogP contribution in [-0.4, -0.2) is 27.4 Å². The van der Waals surface area contributed by atoms with Gasteiger partial charge in [0.1, 0.15) is 17.4 Å². The first-order valence-corrected chi connectivity index (χ1v) is 12.1. The van der Waals surface area contributed by atoms with E-state index < -0.39 is 11.4 Å². The first kappa shape index (κ1) is 25.0. The largest absolute Gasteiger partial charge is 0.507 e. The molecule has 4 aromatic rings. The highest BCUT2D eigenvalue weighted by atomic mass is 35.5. The molecule has 5 N–H and O–H groups in total. The van der Waals surface area contributed by atoms with E-state index in [1.54, 1.807) is 48.5 Å². The number of hydrogen-bond acceptors (Lipinski definition) is 7. The van der Waals surface area contributed by atoms with Crippen molar-refractivity contribution in [3.63, 3.8) is 0 Å². The van der Waals surface area contributed by atoms with Crippen LogP contribution in [0.15, 0.2) is 71.3 Å². The minimum absolute atomic E-state index is 0.0273. The quantitative estimate of drug-likeness (QED) is 0.265. The van der Waals surface area contributed by atoms with Crippen molar-refractivity contribution in [3.8, 4) is 34.2 Å². The van der Waals surface area contributed by atoms with Crippen molar-refractivity contribution in [3.05, 3.63) is 83.3 Å². The van der Waals surface area contributed by atoms with Crippen molar-refractivity contribution in [1.82, 2.24) is 4.98 Å². The number of pyridine rings is 1. The van der Waals surface area contributed by atoms with Crippen LogP contribution in [0.2, 0.25) is 5.02 Å². The van der Waals surface area contributed by atoms with Gasteiger partial charge in [-0.15, -0.1) is 0 Å². The fraction of sp³-hybridized carbons (Fsp3) is 0.143. The summed E-state index contributed by atoms with van der Waals surface area (Å²) in [5.74, 6) is -0.987. The zero-order valence-corrected chi connectivity index (χ0v) is 20.7. The molecule has 0 aliphatic heterocycles. The number of hydrogen-bond donors (Lipinski definition) is 4. The van der Waals surface area contributed by atoms with Crippen LogP contribution in [0.25, 0.3) is 22.4 Å². The van der Waals surface area contributed by atoms with Gasteiger partial charge in [-0.25, -0.2) is 4.98 Å². The first-order chi connectivity index (χ1) is 18.3. The van der Waals surface area contributed by atoms with E-state index in [4.69, 9.17) is 21.8 Å². The van der Waals surface area contributed by atoms with Crippen LogP contribution in [0, 0.1) is 11.3 Å². The van der Waals surface area contributed by atoms with Crippen molar-refractivity contribution in [2.45, 2.75) is 24.8 Å². The van der Waals surface area contributed by atoms with Crippen LogP contribution in [0.3, 0.4) is 0 Å². The molecule has 38 heavy (non-hydrogen) atoms. The Balaban J connectivity index is 1.61. The number of nitrogens with two attached hydrogens (primary N) is 1. The number of phenolic OH excluding ortho intramolecular Hbond substituents is 1. The Labute approximate surface area is 222 Å². The van der Waals surface area contributed by atoms with Crippen LogP contribution in [0.5, 0.6) is 5.75 Å². The SMILES string of the molecule is N#Cc1c(-c2cccc(NC(=O)C3(N)CCC3)c2)cc(-c2ccc(Cl)cc2O)nc1NC(=O)c1ccco1. The Kier molecular flexibility index (Phi) is 6.59. The molecule has 0 saturated heterocycles. The molecule has 9 nitrogen and oxygen atoms in total. The number of amides is 2. The lowest BCUT2D eigenvalue weighted by molar-refractivity contribution is -0.123. The Hall–Kier alpha value is -4.65. The van der Waals surface area contributed by atoms with Gasteiger partial charge in [0.25, 0.3) is 5.91 Å². The van der Waals surface area contributed by atoms with Crippen molar-refractivity contribution < 1.29 is 19.1 Å². The summed E-state index contributed by atoms with van der Waals surface area (Å²) < 4.78 is 5.17. The molecule has 1 saturated carbocycles. The predicted molar refractivity (Wildman–Crippen MR) is 143 cm³/mol. The number of carbonyl (C=O) groups excluding carboxylic acids is 2. The minimum atomic E-state index is -0.882. The highest BCUT2D eigenvalue weighted by molar-refractivity contribution is 6.30. The average Bonchev–Trinajstić information content (AvgIpc) is 3.42. The summed E-state index contributed by atoms with van der Waals surface area (Å²) in [5.41, 5.74) is 7.48. The van der Waals surface area contributed by atoms with Gasteiger partial charge in [0.05, 0.1) is 17.5 Å². The fourth-order valence-corrected chi connectivity index (χ4v) is 4.38. The van der Waals surface area contributed by atoms with Crippen LogP contribution in [0.1, 0.15) is 35.4 Å². The van der Waals surface area contributed by atoms with Crippen LogP contribution < -0.4 is 16.4 Å². The Morgan fingerprint density at radius 1 is 1.08 bits per heavy atom. The van der Waals surface area contributed by atoms with Crippen molar-refractivity contribution in [1.29, 1.82) is 5.26 Å². The molecule has 10 heteroatoms. The summed E-state index contributed by atoms with van der Waals surface area (Å²) in [4.78, 5) is 29.9. The highest BCUT2D eigenvalue weighted by Gasteiger charge is 2.40. The summed E-state index contributed by atoms with van der Waals surface area (Å²) in [6, 6.07) is 18.3.